The van der Waals surface area contributed by atoms with Crippen molar-refractivity contribution in [3.63, 3.8) is 0 Å². The second-order valence-electron chi connectivity index (χ2n) is 5.24. The summed E-state index contributed by atoms with van der Waals surface area (Å²) < 4.78 is 0. The topological polar surface area (TPSA) is 54.0 Å². The van der Waals surface area contributed by atoms with Gasteiger partial charge in [-0.2, -0.15) is 0 Å². The molecule has 94 valence electrons. The van der Waals surface area contributed by atoms with Gasteiger partial charge >= 0.3 is 0 Å². The number of pyridine rings is 1. The fourth-order valence-electron chi connectivity index (χ4n) is 1.20. The molecule has 1 aromatic heterocycles. The summed E-state index contributed by atoms with van der Waals surface area (Å²) in [5.74, 6) is -0.135. The summed E-state index contributed by atoms with van der Waals surface area (Å²) in [5, 5.41) is 5.94. The number of carbonyl (C=O) groups is 1. The third-order valence-corrected chi connectivity index (χ3v) is 2.93. The largest absolute Gasteiger partial charge is 0.388 e. The fourth-order valence-corrected chi connectivity index (χ4v) is 1.20. The first-order valence-corrected chi connectivity index (χ1v) is 5.79. The Morgan fingerprint density at radius 2 is 2.06 bits per heavy atom. The lowest BCUT2D eigenvalue weighted by molar-refractivity contribution is 0.0905. The lowest BCUT2D eigenvalue weighted by Crippen LogP contribution is -2.41. The number of aromatic nitrogens is 1. The lowest BCUT2D eigenvalue weighted by Gasteiger charge is -2.27. The fraction of sp³-hybridized carbons (Fsp3) is 0.538. The van der Waals surface area contributed by atoms with Crippen LogP contribution in [0.5, 0.6) is 0 Å². The SMILES string of the molecule is CNc1ccnc(C(=O)NC(C)C(C)(C)C)c1. The van der Waals surface area contributed by atoms with Crippen LogP contribution in [0.1, 0.15) is 38.2 Å². The molecular formula is C13H21N3O. The molecule has 1 heterocycles. The van der Waals surface area contributed by atoms with Crippen LogP contribution in [-0.2, 0) is 0 Å². The van der Waals surface area contributed by atoms with E-state index in [1.54, 1.807) is 12.3 Å². The van der Waals surface area contributed by atoms with E-state index >= 15 is 0 Å². The van der Waals surface area contributed by atoms with Crippen molar-refractivity contribution in [2.24, 2.45) is 5.41 Å². The third-order valence-electron chi connectivity index (χ3n) is 2.93. The predicted octanol–water partition coefficient (Wildman–Crippen LogP) is 2.29. The van der Waals surface area contributed by atoms with Gasteiger partial charge in [0, 0.05) is 25.0 Å². The van der Waals surface area contributed by atoms with Crippen molar-refractivity contribution < 1.29 is 4.79 Å². The van der Waals surface area contributed by atoms with Gasteiger partial charge in [-0.3, -0.25) is 9.78 Å². The Bertz CT molecular complexity index is 396. The van der Waals surface area contributed by atoms with Crippen molar-refractivity contribution in [2.45, 2.75) is 33.7 Å². The predicted molar refractivity (Wildman–Crippen MR) is 70.2 cm³/mol. The summed E-state index contributed by atoms with van der Waals surface area (Å²) >= 11 is 0. The average molecular weight is 235 g/mol. The van der Waals surface area contributed by atoms with Gasteiger partial charge in [-0.05, 0) is 24.5 Å². The number of rotatable bonds is 3. The maximum absolute atomic E-state index is 12.0. The molecule has 0 aliphatic rings. The highest BCUT2D eigenvalue weighted by Gasteiger charge is 2.22. The van der Waals surface area contributed by atoms with Gasteiger partial charge in [0.2, 0.25) is 0 Å². The molecule has 0 aliphatic carbocycles. The number of nitrogens with one attached hydrogen (secondary N) is 2. The number of anilines is 1. The summed E-state index contributed by atoms with van der Waals surface area (Å²) in [6.45, 7) is 8.28. The molecule has 17 heavy (non-hydrogen) atoms. The van der Waals surface area contributed by atoms with Gasteiger partial charge in [0.1, 0.15) is 5.69 Å². The second kappa shape index (κ2) is 5.17. The van der Waals surface area contributed by atoms with E-state index in [1.165, 1.54) is 0 Å². The van der Waals surface area contributed by atoms with Crippen molar-refractivity contribution >= 4 is 11.6 Å². The zero-order chi connectivity index (χ0) is 13.1. The van der Waals surface area contributed by atoms with Crippen LogP contribution in [0.4, 0.5) is 5.69 Å². The van der Waals surface area contributed by atoms with Crippen LogP contribution < -0.4 is 10.6 Å². The minimum Gasteiger partial charge on any atom is -0.388 e. The summed E-state index contributed by atoms with van der Waals surface area (Å²) in [5.41, 5.74) is 1.36. The van der Waals surface area contributed by atoms with Crippen molar-refractivity contribution in [1.82, 2.24) is 10.3 Å². The van der Waals surface area contributed by atoms with E-state index in [1.807, 2.05) is 20.0 Å². The third kappa shape index (κ3) is 3.73. The molecule has 1 rings (SSSR count). The van der Waals surface area contributed by atoms with E-state index in [-0.39, 0.29) is 17.4 Å². The van der Waals surface area contributed by atoms with Gasteiger partial charge in [0.05, 0.1) is 0 Å². The van der Waals surface area contributed by atoms with Gasteiger partial charge < -0.3 is 10.6 Å². The quantitative estimate of drug-likeness (QED) is 0.845. The van der Waals surface area contributed by atoms with Crippen LogP contribution in [0.15, 0.2) is 18.3 Å². The summed E-state index contributed by atoms with van der Waals surface area (Å²) in [7, 11) is 1.81. The highest BCUT2D eigenvalue weighted by atomic mass is 16.1. The van der Waals surface area contributed by atoms with Crippen molar-refractivity contribution in [3.8, 4) is 0 Å². The molecule has 0 saturated carbocycles. The van der Waals surface area contributed by atoms with E-state index in [9.17, 15) is 4.79 Å². The Kier molecular flexibility index (Phi) is 4.10. The average Bonchev–Trinajstić information content (AvgIpc) is 2.27. The Morgan fingerprint density at radius 1 is 1.41 bits per heavy atom. The Balaban J connectivity index is 2.76. The summed E-state index contributed by atoms with van der Waals surface area (Å²) in [6.07, 6.45) is 1.63. The zero-order valence-corrected chi connectivity index (χ0v) is 11.2. The Hall–Kier alpha value is -1.58. The van der Waals surface area contributed by atoms with Crippen LogP contribution in [0, 0.1) is 5.41 Å². The van der Waals surface area contributed by atoms with Gasteiger partial charge in [0.25, 0.3) is 5.91 Å². The first-order chi connectivity index (χ1) is 7.84. The van der Waals surface area contributed by atoms with Crippen molar-refractivity contribution in [1.29, 1.82) is 0 Å². The maximum atomic E-state index is 12.0. The molecule has 1 atom stereocenters. The van der Waals surface area contributed by atoms with Crippen LogP contribution in [0.2, 0.25) is 0 Å². The molecule has 1 aromatic rings. The summed E-state index contributed by atoms with van der Waals surface area (Å²) in [6, 6.07) is 3.66. The normalized spacial score (nSPS) is 13.0. The molecule has 0 saturated heterocycles. The van der Waals surface area contributed by atoms with E-state index in [0.717, 1.165) is 5.69 Å². The van der Waals surface area contributed by atoms with E-state index < -0.39 is 0 Å². The molecule has 0 fully saturated rings. The molecule has 2 N–H and O–H groups in total. The smallest absolute Gasteiger partial charge is 0.270 e. The van der Waals surface area contributed by atoms with Gasteiger partial charge in [0.15, 0.2) is 0 Å². The number of nitrogens with zero attached hydrogens (tertiary/aromatic N) is 1. The number of hydrogen-bond donors (Lipinski definition) is 2. The highest BCUT2D eigenvalue weighted by Crippen LogP contribution is 2.19. The zero-order valence-electron chi connectivity index (χ0n) is 11.2. The molecule has 0 bridgehead atoms. The van der Waals surface area contributed by atoms with Crippen LogP contribution in [0.3, 0.4) is 0 Å². The Labute approximate surface area is 103 Å². The molecule has 0 radical (unpaired) electrons. The Morgan fingerprint density at radius 3 is 2.59 bits per heavy atom. The van der Waals surface area contributed by atoms with E-state index in [2.05, 4.69) is 36.4 Å². The highest BCUT2D eigenvalue weighted by molar-refractivity contribution is 5.93. The molecule has 1 unspecified atom stereocenters. The van der Waals surface area contributed by atoms with Crippen molar-refractivity contribution in [3.05, 3.63) is 24.0 Å². The van der Waals surface area contributed by atoms with E-state index in [4.69, 9.17) is 0 Å². The monoisotopic (exact) mass is 235 g/mol. The van der Waals surface area contributed by atoms with Gasteiger partial charge in [-0.1, -0.05) is 20.8 Å². The molecule has 4 heteroatoms. The summed E-state index contributed by atoms with van der Waals surface area (Å²) in [4.78, 5) is 16.0. The van der Waals surface area contributed by atoms with Gasteiger partial charge in [-0.15, -0.1) is 0 Å². The minimum absolute atomic E-state index is 0.0380. The van der Waals surface area contributed by atoms with Crippen LogP contribution >= 0.6 is 0 Å². The lowest BCUT2D eigenvalue weighted by atomic mass is 9.88. The molecule has 0 spiro atoms. The maximum Gasteiger partial charge on any atom is 0.270 e. The standard InChI is InChI=1S/C13H21N3O/c1-9(13(2,3)4)16-12(17)11-8-10(14-5)6-7-15-11/h6-9H,1-5H3,(H,14,15)(H,16,17). The van der Waals surface area contributed by atoms with Crippen LogP contribution in [0.25, 0.3) is 0 Å². The number of hydrogen-bond acceptors (Lipinski definition) is 3. The second-order valence-corrected chi connectivity index (χ2v) is 5.24. The molecule has 0 aromatic carbocycles. The number of amides is 1. The van der Waals surface area contributed by atoms with Gasteiger partial charge in [-0.25, -0.2) is 0 Å². The number of carbonyl (C=O) groups excluding carboxylic acids is 1. The molecular weight excluding hydrogens is 214 g/mol. The molecule has 1 amide bonds. The molecule has 4 nitrogen and oxygen atoms in total. The molecule has 0 aliphatic heterocycles. The first-order valence-electron chi connectivity index (χ1n) is 5.79. The van der Waals surface area contributed by atoms with Crippen molar-refractivity contribution in [2.75, 3.05) is 12.4 Å². The minimum atomic E-state index is -0.135. The van der Waals surface area contributed by atoms with Crippen LogP contribution in [-0.4, -0.2) is 24.0 Å². The van der Waals surface area contributed by atoms with E-state index in [0.29, 0.717) is 5.69 Å². The first kappa shape index (κ1) is 13.5.